The number of carbonyl (C=O) groups is 1. The lowest BCUT2D eigenvalue weighted by Crippen LogP contribution is -2.52. The molecule has 142 valence electrons. The van der Waals surface area contributed by atoms with Crippen LogP contribution >= 0.6 is 11.6 Å². The van der Waals surface area contributed by atoms with Gasteiger partial charge in [0.25, 0.3) is 0 Å². The van der Waals surface area contributed by atoms with Gasteiger partial charge in [-0.15, -0.1) is 0 Å². The van der Waals surface area contributed by atoms with Crippen LogP contribution in [-0.4, -0.2) is 20.8 Å². The van der Waals surface area contributed by atoms with Crippen LogP contribution in [0.5, 0.6) is 5.75 Å². The van der Waals surface area contributed by atoms with Gasteiger partial charge in [-0.3, -0.25) is 4.79 Å². The number of Topliss-reactive ketones (excluding diaryl/α,β-unsaturated/α-hetero) is 1. The first kappa shape index (κ1) is 18.4. The highest BCUT2D eigenvalue weighted by Gasteiger charge is 2.59. The molecule has 27 heavy (non-hydrogen) atoms. The van der Waals surface area contributed by atoms with Crippen LogP contribution in [0.15, 0.2) is 41.3 Å². The molecule has 1 aliphatic carbocycles. The molecule has 0 N–H and O–H groups in total. The van der Waals surface area contributed by atoms with Crippen molar-refractivity contribution in [3.05, 3.63) is 58.6 Å². The molecule has 0 spiro atoms. The fourth-order valence-electron chi connectivity index (χ4n) is 4.16. The van der Waals surface area contributed by atoms with E-state index in [1.807, 2.05) is 0 Å². The molecule has 1 saturated carbocycles. The smallest absolute Gasteiger partial charge is 0.188 e. The van der Waals surface area contributed by atoms with E-state index in [-0.39, 0.29) is 42.1 Å². The summed E-state index contributed by atoms with van der Waals surface area (Å²) in [5, 5.41) is 0.353. The van der Waals surface area contributed by atoms with E-state index in [1.54, 1.807) is 0 Å². The topological polar surface area (TPSA) is 60.4 Å². The second-order valence-corrected chi connectivity index (χ2v) is 9.47. The number of halogens is 3. The van der Waals surface area contributed by atoms with E-state index in [2.05, 4.69) is 0 Å². The lowest BCUT2D eigenvalue weighted by atomic mass is 9.72. The first-order chi connectivity index (χ1) is 12.8. The normalized spacial score (nSPS) is 24.7. The summed E-state index contributed by atoms with van der Waals surface area (Å²) in [6, 6.07) is 7.34. The maximum atomic E-state index is 14.9. The molecule has 2 aromatic carbocycles. The van der Waals surface area contributed by atoms with E-state index in [1.165, 1.54) is 24.3 Å². The number of carbonyl (C=O) groups excluding carboxylic acids is 1. The Hall–Kier alpha value is -1.99. The van der Waals surface area contributed by atoms with Gasteiger partial charge in [-0.05, 0) is 42.8 Å². The Bertz CT molecular complexity index is 1040. The Morgan fingerprint density at radius 2 is 1.74 bits per heavy atom. The maximum absolute atomic E-state index is 14.9. The Morgan fingerprint density at radius 1 is 1.07 bits per heavy atom. The molecule has 2 aliphatic rings. The quantitative estimate of drug-likeness (QED) is 0.746. The van der Waals surface area contributed by atoms with Crippen LogP contribution in [0.1, 0.15) is 24.8 Å². The van der Waals surface area contributed by atoms with Crippen molar-refractivity contribution < 1.29 is 26.7 Å². The SMILES string of the molecule is O=C1CC[C@@]2(S(=O)(=O)c3ccc(Cl)cc3)c3c(F)ccc(F)c3OC[C@H]2C1. The molecule has 8 heteroatoms. The van der Waals surface area contributed by atoms with Crippen LogP contribution in [-0.2, 0) is 19.4 Å². The molecule has 4 rings (SSSR count). The molecule has 4 nitrogen and oxygen atoms in total. The van der Waals surface area contributed by atoms with Gasteiger partial charge in [0.2, 0.25) is 0 Å². The third-order valence-electron chi connectivity index (χ3n) is 5.42. The zero-order chi connectivity index (χ0) is 19.4. The number of ketones is 1. The fourth-order valence-corrected chi connectivity index (χ4v) is 6.62. The Kier molecular flexibility index (Phi) is 4.27. The summed E-state index contributed by atoms with van der Waals surface area (Å²) in [7, 11) is -4.17. The van der Waals surface area contributed by atoms with Crippen molar-refractivity contribution in [3.63, 3.8) is 0 Å². The molecule has 2 aromatic rings. The van der Waals surface area contributed by atoms with Crippen molar-refractivity contribution in [1.82, 2.24) is 0 Å². The van der Waals surface area contributed by atoms with Gasteiger partial charge >= 0.3 is 0 Å². The average molecular weight is 413 g/mol. The third-order valence-corrected chi connectivity index (χ3v) is 8.27. The number of rotatable bonds is 2. The largest absolute Gasteiger partial charge is 0.490 e. The summed E-state index contributed by atoms with van der Waals surface area (Å²) in [6.07, 6.45) is -0.223. The van der Waals surface area contributed by atoms with Gasteiger partial charge in [0.15, 0.2) is 21.4 Å². The number of fused-ring (bicyclic) bond motifs is 3. The van der Waals surface area contributed by atoms with E-state index < -0.39 is 37.9 Å². The molecule has 1 fully saturated rings. The summed E-state index contributed by atoms with van der Waals surface area (Å²) in [5.41, 5.74) is -0.318. The van der Waals surface area contributed by atoms with Gasteiger partial charge in [-0.1, -0.05) is 11.6 Å². The standard InChI is InChI=1S/C19H15ClF2O4S/c20-12-1-3-14(4-2-12)27(24,25)19-8-7-13(23)9-11(19)10-26-18-16(22)6-5-15(21)17(18)19/h1-6,11H,7-10H2/t11-,19+/m1/s1. The van der Waals surface area contributed by atoms with Gasteiger partial charge in [0.1, 0.15) is 16.3 Å². The molecule has 0 radical (unpaired) electrons. The highest BCUT2D eigenvalue weighted by molar-refractivity contribution is 7.92. The predicted molar refractivity (Wildman–Crippen MR) is 94.5 cm³/mol. The molecule has 0 bridgehead atoms. The van der Waals surface area contributed by atoms with Crippen molar-refractivity contribution in [3.8, 4) is 5.75 Å². The highest BCUT2D eigenvalue weighted by atomic mass is 35.5. The molecule has 0 unspecified atom stereocenters. The number of ether oxygens (including phenoxy) is 1. The zero-order valence-corrected chi connectivity index (χ0v) is 15.6. The van der Waals surface area contributed by atoms with Crippen molar-refractivity contribution in [2.45, 2.75) is 28.9 Å². The lowest BCUT2D eigenvalue weighted by molar-refractivity contribution is -0.123. The molecular formula is C19H15ClF2O4S. The monoisotopic (exact) mass is 412 g/mol. The molecule has 1 heterocycles. The summed E-state index contributed by atoms with van der Waals surface area (Å²) in [4.78, 5) is 11.9. The molecule has 0 aromatic heterocycles. The van der Waals surface area contributed by atoms with Crippen LogP contribution in [0.25, 0.3) is 0 Å². The van der Waals surface area contributed by atoms with Crippen LogP contribution in [0.4, 0.5) is 8.78 Å². The van der Waals surface area contributed by atoms with Crippen LogP contribution in [0.2, 0.25) is 5.02 Å². The highest BCUT2D eigenvalue weighted by Crippen LogP contribution is 2.55. The number of sulfone groups is 1. The lowest BCUT2D eigenvalue weighted by Gasteiger charge is -2.46. The van der Waals surface area contributed by atoms with Gasteiger partial charge in [0, 0.05) is 23.8 Å². The van der Waals surface area contributed by atoms with Crippen LogP contribution in [0, 0.1) is 17.6 Å². The minimum absolute atomic E-state index is 0.0291. The fraction of sp³-hybridized carbons (Fsp3) is 0.316. The Morgan fingerprint density at radius 3 is 2.44 bits per heavy atom. The van der Waals surface area contributed by atoms with Crippen molar-refractivity contribution in [1.29, 1.82) is 0 Å². The van der Waals surface area contributed by atoms with Gasteiger partial charge in [-0.25, -0.2) is 17.2 Å². The van der Waals surface area contributed by atoms with Crippen LogP contribution < -0.4 is 4.74 Å². The summed E-state index contributed by atoms with van der Waals surface area (Å²) in [6.45, 7) is -0.175. The average Bonchev–Trinajstić information content (AvgIpc) is 2.64. The third kappa shape index (κ3) is 2.59. The number of hydrogen-bond donors (Lipinski definition) is 0. The van der Waals surface area contributed by atoms with E-state index in [0.29, 0.717) is 5.02 Å². The molecule has 0 amide bonds. The second kappa shape index (κ2) is 6.27. The van der Waals surface area contributed by atoms with Gasteiger partial charge < -0.3 is 4.74 Å². The van der Waals surface area contributed by atoms with E-state index in [4.69, 9.17) is 16.3 Å². The van der Waals surface area contributed by atoms with E-state index in [0.717, 1.165) is 12.1 Å². The van der Waals surface area contributed by atoms with Gasteiger partial charge in [0.05, 0.1) is 17.1 Å². The number of hydrogen-bond acceptors (Lipinski definition) is 4. The minimum Gasteiger partial charge on any atom is -0.490 e. The second-order valence-electron chi connectivity index (χ2n) is 6.83. The molecule has 2 atom stereocenters. The Balaban J connectivity index is 2.03. The minimum atomic E-state index is -4.17. The van der Waals surface area contributed by atoms with E-state index in [9.17, 15) is 22.0 Å². The van der Waals surface area contributed by atoms with Gasteiger partial charge in [-0.2, -0.15) is 0 Å². The van der Waals surface area contributed by atoms with E-state index >= 15 is 0 Å². The summed E-state index contributed by atoms with van der Waals surface area (Å²) >= 11 is 5.86. The first-order valence-corrected chi connectivity index (χ1v) is 10.3. The van der Waals surface area contributed by atoms with Crippen LogP contribution in [0.3, 0.4) is 0 Å². The molecule has 1 aliphatic heterocycles. The predicted octanol–water partition coefficient (Wildman–Crippen LogP) is 4.05. The number of benzene rings is 2. The maximum Gasteiger partial charge on any atom is 0.188 e. The Labute approximate surface area is 160 Å². The molecular weight excluding hydrogens is 398 g/mol. The zero-order valence-electron chi connectivity index (χ0n) is 14.0. The van der Waals surface area contributed by atoms with Crippen molar-refractivity contribution >= 4 is 27.2 Å². The van der Waals surface area contributed by atoms with Crippen molar-refractivity contribution in [2.24, 2.45) is 5.92 Å². The summed E-state index contributed by atoms with van der Waals surface area (Å²) in [5.74, 6) is -3.00. The molecule has 0 saturated heterocycles. The summed E-state index contributed by atoms with van der Waals surface area (Å²) < 4.78 is 60.2. The van der Waals surface area contributed by atoms with Crippen molar-refractivity contribution in [2.75, 3.05) is 6.61 Å². The first-order valence-electron chi connectivity index (χ1n) is 8.40.